The average molecular weight is 676 g/mol. The molecule has 16 atom stereocenters. The monoisotopic (exact) mass is 675 g/mol. The van der Waals surface area contributed by atoms with Gasteiger partial charge < -0.3 is 35.6 Å². The molecule has 1 saturated heterocycles. The third-order valence-electron chi connectivity index (χ3n) is 13.4. The molecule has 0 radical (unpaired) electrons. The maximum Gasteiger partial charge on any atom is 0.397 e. The first-order valence-electron chi connectivity index (χ1n) is 16.9. The first-order chi connectivity index (χ1) is 21.4. The lowest BCUT2D eigenvalue weighted by atomic mass is 9.41. The van der Waals surface area contributed by atoms with Gasteiger partial charge in [0.1, 0.15) is 18.3 Å². The number of ether oxygens (including phenoxy) is 1. The van der Waals surface area contributed by atoms with Crippen LogP contribution in [0.5, 0.6) is 0 Å². The summed E-state index contributed by atoms with van der Waals surface area (Å²) < 4.78 is 44.3. The minimum atomic E-state index is -4.68. The topological polar surface area (TPSA) is 220 Å². The molecule has 1 heterocycles. The van der Waals surface area contributed by atoms with Crippen LogP contribution in [0.3, 0.4) is 0 Å². The zero-order chi connectivity index (χ0) is 33.9. The minimum absolute atomic E-state index is 0.00578. The average Bonchev–Trinajstić information content (AvgIpc) is 3.32. The minimum Gasteiger partial charge on any atom is -0.481 e. The van der Waals surface area contributed by atoms with Crippen molar-refractivity contribution in [2.75, 3.05) is 6.61 Å². The summed E-state index contributed by atoms with van der Waals surface area (Å²) in [4.78, 5) is 23.8. The quantitative estimate of drug-likeness (QED) is 0.173. The van der Waals surface area contributed by atoms with E-state index in [1.807, 2.05) is 0 Å². The van der Waals surface area contributed by atoms with E-state index in [2.05, 4.69) is 26.1 Å². The molecule has 13 nitrogen and oxygen atoms in total. The Morgan fingerprint density at radius 3 is 2.35 bits per heavy atom. The van der Waals surface area contributed by atoms with Crippen LogP contribution in [0.25, 0.3) is 0 Å². The lowest BCUT2D eigenvalue weighted by Crippen LogP contribution is -2.69. The Morgan fingerprint density at radius 1 is 1.04 bits per heavy atom. The molecule has 7 N–H and O–H groups in total. The van der Waals surface area contributed by atoms with Gasteiger partial charge in [-0.05, 0) is 104 Å². The predicted octanol–water partition coefficient (Wildman–Crippen LogP) is 1.52. The Balaban J connectivity index is 1.57. The maximum absolute atomic E-state index is 12.4. The van der Waals surface area contributed by atoms with E-state index in [9.17, 15) is 48.1 Å². The van der Waals surface area contributed by atoms with Gasteiger partial charge in [0.2, 0.25) is 5.91 Å². The number of carboxylic acids is 1. The molecule has 5 aliphatic rings. The fraction of sp³-hybridized carbons (Fsp3) is 0.938. The smallest absolute Gasteiger partial charge is 0.397 e. The second kappa shape index (κ2) is 13.1. The number of hydrogen-bond acceptors (Lipinski definition) is 10. The van der Waals surface area contributed by atoms with Crippen molar-refractivity contribution in [3.05, 3.63) is 0 Å². The van der Waals surface area contributed by atoms with Gasteiger partial charge in [-0.15, -0.1) is 0 Å². The van der Waals surface area contributed by atoms with Crippen molar-refractivity contribution in [3.63, 3.8) is 0 Å². The molecule has 0 aromatic carbocycles. The van der Waals surface area contributed by atoms with Crippen molar-refractivity contribution in [3.8, 4) is 0 Å². The van der Waals surface area contributed by atoms with Gasteiger partial charge in [-0.3, -0.25) is 14.1 Å². The molecule has 1 amide bonds. The molecule has 0 bridgehead atoms. The van der Waals surface area contributed by atoms with Gasteiger partial charge in [-0.2, -0.15) is 8.42 Å². The van der Waals surface area contributed by atoms with Crippen molar-refractivity contribution < 1.29 is 57.0 Å². The predicted molar refractivity (Wildman–Crippen MR) is 163 cm³/mol. The van der Waals surface area contributed by atoms with E-state index < -0.39 is 77.0 Å². The molecule has 14 heteroatoms. The third-order valence-corrected chi connectivity index (χ3v) is 13.9. The SMILES string of the molecule is CC(=O)N[C@@H]1[C@@H](O)[C@H](O)[C@@H](CO)O[C@H]1[C@H]1C[C@@H]2C[C@@H](OS(=O)(=O)O)CC[C@]2(C)[C@H]2C[C@H](O)[C@]3(C)[C@@H]([C@H](C)CCC(=O)O)CC[C@H]3[C@H]12. The third kappa shape index (κ3) is 6.37. The van der Waals surface area contributed by atoms with Crippen molar-refractivity contribution in [1.29, 1.82) is 0 Å². The number of amides is 1. The Labute approximate surface area is 271 Å². The number of carbonyl (C=O) groups excluding carboxylic acids is 1. The molecule has 5 rings (SSSR count). The summed E-state index contributed by atoms with van der Waals surface area (Å²) in [6.45, 7) is 7.15. The molecule has 1 aliphatic heterocycles. The van der Waals surface area contributed by atoms with Crippen LogP contribution in [0.2, 0.25) is 0 Å². The lowest BCUT2D eigenvalue weighted by molar-refractivity contribution is -0.249. The standard InChI is InChI=1S/C32H53NO12S/c1-15(5-8-25(37)38)20-6-7-21-26-19(30-27(33-16(2)35)29(40)28(39)23(14-34)44-30)12-17-11-18(45-46(41,42)43)9-10-31(17,3)22(26)13-24(36)32(20,21)4/h15,17-24,26-30,34,36,39-40H,5-14H2,1-4H3,(H,33,35)(H,37,38)(H,41,42,43)/t15-,17+,18+,19+,20-,21+,22+,23-,24+,26+,27-,28-,29-,30+,31+,32-/m1/s1. The molecular formula is C32H53NO12S. The highest BCUT2D eigenvalue weighted by Gasteiger charge is 2.67. The summed E-state index contributed by atoms with van der Waals surface area (Å²) in [5.41, 5.74) is -0.846. The van der Waals surface area contributed by atoms with Gasteiger partial charge in [-0.25, -0.2) is 4.18 Å². The van der Waals surface area contributed by atoms with Gasteiger partial charge >= 0.3 is 16.4 Å². The van der Waals surface area contributed by atoms with Crippen LogP contribution in [0.15, 0.2) is 0 Å². The lowest BCUT2D eigenvalue weighted by Gasteiger charge is -2.66. The second-order valence-electron chi connectivity index (χ2n) is 15.6. The number of aliphatic carboxylic acids is 1. The summed E-state index contributed by atoms with van der Waals surface area (Å²) in [5.74, 6) is -1.64. The fourth-order valence-corrected chi connectivity index (χ4v) is 11.8. The van der Waals surface area contributed by atoms with Gasteiger partial charge in [-0.1, -0.05) is 20.8 Å². The van der Waals surface area contributed by atoms with Gasteiger partial charge in [0, 0.05) is 13.3 Å². The molecular weight excluding hydrogens is 622 g/mol. The summed E-state index contributed by atoms with van der Waals surface area (Å²) in [5, 5.41) is 56.4. The van der Waals surface area contributed by atoms with E-state index in [1.54, 1.807) is 0 Å². The summed E-state index contributed by atoms with van der Waals surface area (Å²) in [6, 6.07) is -0.983. The molecule has 0 spiro atoms. The molecule has 46 heavy (non-hydrogen) atoms. The van der Waals surface area contributed by atoms with Crippen molar-refractivity contribution in [2.24, 2.45) is 52.3 Å². The van der Waals surface area contributed by atoms with Crippen LogP contribution in [0, 0.1) is 52.3 Å². The molecule has 0 aromatic heterocycles. The Hall–Kier alpha value is -1.39. The van der Waals surface area contributed by atoms with Crippen molar-refractivity contribution in [1.82, 2.24) is 5.32 Å². The fourth-order valence-electron chi connectivity index (χ4n) is 11.3. The summed E-state index contributed by atoms with van der Waals surface area (Å²) >= 11 is 0. The van der Waals surface area contributed by atoms with Crippen molar-refractivity contribution >= 4 is 22.3 Å². The highest BCUT2D eigenvalue weighted by molar-refractivity contribution is 7.80. The van der Waals surface area contributed by atoms with E-state index in [4.69, 9.17) is 8.92 Å². The largest absolute Gasteiger partial charge is 0.481 e. The van der Waals surface area contributed by atoms with Gasteiger partial charge in [0.25, 0.3) is 0 Å². The van der Waals surface area contributed by atoms with Crippen LogP contribution in [-0.2, 0) is 28.9 Å². The molecule has 4 aliphatic carbocycles. The zero-order valence-electron chi connectivity index (χ0n) is 27.2. The van der Waals surface area contributed by atoms with Crippen LogP contribution in [0.4, 0.5) is 0 Å². The highest BCUT2D eigenvalue weighted by Crippen LogP contribution is 2.70. The number of fused-ring (bicyclic) bond motifs is 5. The molecule has 0 aromatic rings. The summed E-state index contributed by atoms with van der Waals surface area (Å²) in [6.07, 6.45) is -1.61. The number of aliphatic hydroxyl groups excluding tert-OH is 4. The Bertz CT molecular complexity index is 1250. The summed E-state index contributed by atoms with van der Waals surface area (Å²) in [7, 11) is -4.68. The van der Waals surface area contributed by atoms with Gasteiger partial charge in [0.15, 0.2) is 0 Å². The van der Waals surface area contributed by atoms with Gasteiger partial charge in [0.05, 0.1) is 31.0 Å². The van der Waals surface area contributed by atoms with E-state index >= 15 is 0 Å². The number of aliphatic hydroxyl groups is 4. The van der Waals surface area contributed by atoms with Crippen molar-refractivity contribution in [2.45, 2.75) is 128 Å². The normalized spacial score (nSPS) is 48.1. The highest BCUT2D eigenvalue weighted by atomic mass is 32.3. The van der Waals surface area contributed by atoms with E-state index in [1.165, 1.54) is 6.92 Å². The van der Waals surface area contributed by atoms with Crippen LogP contribution in [0.1, 0.15) is 85.5 Å². The van der Waals surface area contributed by atoms with E-state index in [0.717, 1.165) is 12.8 Å². The van der Waals surface area contributed by atoms with E-state index in [-0.39, 0.29) is 53.3 Å². The molecule has 0 unspecified atom stereocenters. The number of hydrogen-bond donors (Lipinski definition) is 7. The van der Waals surface area contributed by atoms with Crippen LogP contribution >= 0.6 is 0 Å². The number of nitrogens with one attached hydrogen (secondary N) is 1. The number of rotatable bonds is 9. The molecule has 4 saturated carbocycles. The Morgan fingerprint density at radius 2 is 1.74 bits per heavy atom. The van der Waals surface area contributed by atoms with E-state index in [0.29, 0.717) is 38.5 Å². The number of carbonyl (C=O) groups is 2. The van der Waals surface area contributed by atoms with Crippen LogP contribution < -0.4 is 5.32 Å². The number of carboxylic acid groups (broad SMARTS) is 1. The zero-order valence-corrected chi connectivity index (χ0v) is 28.0. The Kier molecular flexibility index (Phi) is 10.3. The molecule has 5 fully saturated rings. The molecule has 264 valence electrons. The second-order valence-corrected chi connectivity index (χ2v) is 16.6. The first kappa shape index (κ1) is 35.9. The maximum atomic E-state index is 12.4. The van der Waals surface area contributed by atoms with Crippen LogP contribution in [-0.4, -0.2) is 99.7 Å². The first-order valence-corrected chi connectivity index (χ1v) is 18.2.